The van der Waals surface area contributed by atoms with Crippen molar-refractivity contribution < 1.29 is 19.2 Å². The lowest BCUT2D eigenvalue weighted by molar-refractivity contribution is -0.184. The molecule has 2 aliphatic carbocycles. The summed E-state index contributed by atoms with van der Waals surface area (Å²) in [4.78, 5) is 74.4. The molecule has 0 aromatic rings. The topological polar surface area (TPSA) is 131 Å². The fourth-order valence-electron chi connectivity index (χ4n) is 13.9. The van der Waals surface area contributed by atoms with E-state index in [0.29, 0.717) is 13.1 Å². The van der Waals surface area contributed by atoms with Gasteiger partial charge < -0.3 is 0 Å². The molecule has 6 aliphatic rings. The summed E-state index contributed by atoms with van der Waals surface area (Å²) >= 11 is 4.98. The number of fused-ring (bicyclic) bond motifs is 6. The minimum Gasteiger partial charge on any atom is -0.282 e. The van der Waals surface area contributed by atoms with Crippen molar-refractivity contribution in [1.29, 1.82) is 10.5 Å². The van der Waals surface area contributed by atoms with E-state index in [-0.39, 0.29) is 55.3 Å². The Morgan fingerprint density at radius 1 is 0.408 bits per heavy atom. The number of likely N-dealkylation sites (tertiary alicyclic amines) is 2. The van der Waals surface area contributed by atoms with Crippen molar-refractivity contribution in [1.82, 2.24) is 9.80 Å². The molecular formula is C62H92N6O4S4. The maximum atomic E-state index is 15.8. The molecule has 76 heavy (non-hydrogen) atoms. The van der Waals surface area contributed by atoms with Gasteiger partial charge in [-0.15, -0.1) is 47.0 Å². The predicted octanol–water partition coefficient (Wildman–Crippen LogP) is 16.9. The highest BCUT2D eigenvalue weighted by Crippen LogP contribution is 2.68. The second kappa shape index (κ2) is 33.0. The van der Waals surface area contributed by atoms with Crippen molar-refractivity contribution >= 4 is 70.7 Å². The molecule has 12 unspecified atom stereocenters. The maximum absolute atomic E-state index is 15.8. The molecule has 0 bridgehead atoms. The number of nitrogens with zero attached hydrogens (tertiary/aromatic N) is 6. The zero-order chi connectivity index (χ0) is 54.4. The Bertz CT molecular complexity index is 1920. The monoisotopic (exact) mass is 1110 g/mol. The van der Waals surface area contributed by atoms with Gasteiger partial charge in [0.2, 0.25) is 33.7 Å². The first kappa shape index (κ1) is 62.3. The largest absolute Gasteiger partial charge is 0.282 e. The van der Waals surface area contributed by atoms with Gasteiger partial charge in [-0.1, -0.05) is 207 Å². The van der Waals surface area contributed by atoms with Gasteiger partial charge in [0.15, 0.2) is 0 Å². The number of unbranched alkanes of at least 4 members (excludes halogenated alkanes) is 24. The van der Waals surface area contributed by atoms with Gasteiger partial charge in [0.1, 0.15) is 21.9 Å². The van der Waals surface area contributed by atoms with Crippen LogP contribution in [-0.4, -0.2) is 67.5 Å². The van der Waals surface area contributed by atoms with Crippen molar-refractivity contribution in [3.8, 4) is 12.1 Å². The lowest BCUT2D eigenvalue weighted by Crippen LogP contribution is -2.76. The van der Waals surface area contributed by atoms with E-state index < -0.39 is 56.5 Å². The number of carbonyl (C=O) groups excluding carboxylic acids is 4. The molecule has 2 saturated heterocycles. The molecule has 0 N–H and O–H groups in total. The SMILES string of the molecule is [C-]#[N+]C1=C([N+]#[C-])SC2C(S1)C1C(=O)N(CC(CCCCCCCC)CCCCCCCCCC)C(=O)C3C4SC(C#N)=C(C#N)SC4C4C(=O)N(CC(CCCCCCCC)CCCCCCCCCC)C(=O)C2C4C31. The summed E-state index contributed by atoms with van der Waals surface area (Å²) < 4.78 is 0. The van der Waals surface area contributed by atoms with E-state index in [4.69, 9.17) is 13.1 Å². The van der Waals surface area contributed by atoms with Crippen molar-refractivity contribution in [2.75, 3.05) is 13.1 Å². The molecular weight excluding hydrogens is 1020 g/mol. The third-order valence-corrected chi connectivity index (χ3v) is 24.0. The Balaban J connectivity index is 1.36. The summed E-state index contributed by atoms with van der Waals surface area (Å²) in [6.07, 6.45) is 36.7. The van der Waals surface area contributed by atoms with Crippen molar-refractivity contribution in [2.24, 2.45) is 47.3 Å². The van der Waals surface area contributed by atoms with Crippen LogP contribution in [0, 0.1) is 83.1 Å². The normalized spacial score (nSPS) is 27.5. The van der Waals surface area contributed by atoms with Crippen LogP contribution >= 0.6 is 47.0 Å². The van der Waals surface area contributed by atoms with Crippen LogP contribution < -0.4 is 0 Å². The predicted molar refractivity (Wildman–Crippen MR) is 316 cm³/mol. The number of rotatable bonds is 36. The molecule has 4 aliphatic heterocycles. The average molecular weight is 1110 g/mol. The summed E-state index contributed by atoms with van der Waals surface area (Å²) in [5.74, 6) is -5.28. The van der Waals surface area contributed by atoms with Crippen LogP contribution in [0.2, 0.25) is 0 Å². The van der Waals surface area contributed by atoms with Gasteiger partial charge in [0.25, 0.3) is 0 Å². The smallest absolute Gasteiger partial charge is 0.234 e. The van der Waals surface area contributed by atoms with Crippen molar-refractivity contribution in [3.63, 3.8) is 0 Å². The van der Waals surface area contributed by atoms with Gasteiger partial charge in [-0.3, -0.25) is 29.0 Å². The van der Waals surface area contributed by atoms with E-state index in [1.807, 2.05) is 0 Å². The Morgan fingerprint density at radius 3 is 0.882 bits per heavy atom. The van der Waals surface area contributed by atoms with E-state index in [1.54, 1.807) is 9.80 Å². The molecule has 0 aromatic carbocycles. The lowest BCUT2D eigenvalue weighted by Gasteiger charge is -2.65. The molecule has 0 spiro atoms. The van der Waals surface area contributed by atoms with E-state index in [2.05, 4.69) is 49.5 Å². The zero-order valence-corrected chi connectivity index (χ0v) is 50.2. The fraction of sp³-hybridized carbons (Fsp3) is 0.806. The molecule has 2 saturated carbocycles. The average Bonchev–Trinajstić information content (AvgIpc) is 3.57. The Labute approximate surface area is 476 Å². The molecule has 12 atom stereocenters. The first-order valence-corrected chi connectivity index (χ1v) is 34.1. The van der Waals surface area contributed by atoms with E-state index in [0.717, 1.165) is 77.0 Å². The quantitative estimate of drug-likeness (QED) is 0.0339. The molecule has 0 radical (unpaired) electrons. The van der Waals surface area contributed by atoms with Crippen LogP contribution in [0.1, 0.15) is 233 Å². The van der Waals surface area contributed by atoms with E-state index in [1.165, 1.54) is 175 Å². The summed E-state index contributed by atoms with van der Waals surface area (Å²) in [7, 11) is 0. The highest BCUT2D eigenvalue weighted by Gasteiger charge is 2.73. The Hall–Kier alpha value is -2.88. The Morgan fingerprint density at radius 2 is 0.645 bits per heavy atom. The highest BCUT2D eigenvalue weighted by atomic mass is 32.2. The summed E-state index contributed by atoms with van der Waals surface area (Å²) in [6.45, 7) is 26.0. The Kier molecular flexibility index (Phi) is 27.1. The third-order valence-electron chi connectivity index (χ3n) is 17.9. The molecule has 418 valence electrons. The number of nitriles is 2. The van der Waals surface area contributed by atoms with Gasteiger partial charge >= 0.3 is 0 Å². The zero-order valence-electron chi connectivity index (χ0n) is 46.9. The standard InChI is InChI=1S/C62H92N6O4S4/c1-7-11-15-19-23-25-29-33-37-43(35-31-27-21-17-13-9-3)41-67-59(69)49-47-48-50(54-53(49)73-45(39-63)46(40-64)74-54)60(70)68(42-44(36-32-28-22-18-14-10-4)38-34-30-26-24-20-16-12-8-2)62(72)52(48)56-55(51(47)61(67)71)75-57(65-5)58(66-6)76-56/h43-44,47-56H,7-38,41-42H2,1-4H3. The van der Waals surface area contributed by atoms with Crippen molar-refractivity contribution in [3.05, 3.63) is 42.7 Å². The molecule has 4 heterocycles. The molecule has 6 rings (SSSR count). The van der Waals surface area contributed by atoms with E-state index in [9.17, 15) is 10.5 Å². The van der Waals surface area contributed by atoms with Gasteiger partial charge in [-0.2, -0.15) is 10.5 Å². The van der Waals surface area contributed by atoms with Crippen LogP contribution in [0.3, 0.4) is 0 Å². The molecule has 14 heteroatoms. The maximum Gasteiger partial charge on any atom is 0.234 e. The minimum absolute atomic E-state index is 0.116. The van der Waals surface area contributed by atoms with Gasteiger partial charge in [-0.05, 0) is 49.4 Å². The minimum atomic E-state index is -0.779. The van der Waals surface area contributed by atoms with Crippen LogP contribution in [0.25, 0.3) is 9.69 Å². The molecule has 4 amide bonds. The summed E-state index contributed by atoms with van der Waals surface area (Å²) in [5, 5.41) is 19.3. The number of amides is 4. The molecule has 0 aromatic heterocycles. The highest BCUT2D eigenvalue weighted by molar-refractivity contribution is 8.11. The van der Waals surface area contributed by atoms with Gasteiger partial charge in [0.05, 0.1) is 36.8 Å². The fourth-order valence-corrected chi connectivity index (χ4v) is 20.1. The first-order chi connectivity index (χ1) is 37.1. The van der Waals surface area contributed by atoms with Gasteiger partial charge in [0, 0.05) is 34.1 Å². The third kappa shape index (κ3) is 15.7. The van der Waals surface area contributed by atoms with Crippen LogP contribution in [0.4, 0.5) is 0 Å². The number of carbonyl (C=O) groups is 4. The number of thioether (sulfide) groups is 4. The number of allylic oxidation sites excluding steroid dienone is 2. The number of hydrogen-bond acceptors (Lipinski definition) is 10. The summed E-state index contributed by atoms with van der Waals surface area (Å²) in [6, 6.07) is 4.56. The lowest BCUT2D eigenvalue weighted by atomic mass is 9.50. The molecule has 4 fully saturated rings. The van der Waals surface area contributed by atoms with Crippen LogP contribution in [-0.2, 0) is 19.2 Å². The second-order valence-electron chi connectivity index (χ2n) is 23.2. The number of piperidine rings is 2. The number of imide groups is 2. The van der Waals surface area contributed by atoms with Crippen LogP contribution in [0.15, 0.2) is 19.9 Å². The van der Waals surface area contributed by atoms with Gasteiger partial charge in [-0.25, -0.2) is 9.69 Å². The van der Waals surface area contributed by atoms with Crippen LogP contribution in [0.5, 0.6) is 0 Å². The van der Waals surface area contributed by atoms with E-state index >= 15 is 19.2 Å². The first-order valence-electron chi connectivity index (χ1n) is 30.5. The molecule has 10 nitrogen and oxygen atoms in total. The summed E-state index contributed by atoms with van der Waals surface area (Å²) in [5.41, 5.74) is 0. The second-order valence-corrected chi connectivity index (χ2v) is 28.0. The van der Waals surface area contributed by atoms with Crippen molar-refractivity contribution in [2.45, 2.75) is 254 Å². The number of hydrogen-bond donors (Lipinski definition) is 0.